The number of benzene rings is 4. The van der Waals surface area contributed by atoms with Gasteiger partial charge in [-0.25, -0.2) is 5.43 Å². The molecule has 0 atom stereocenters. The lowest BCUT2D eigenvalue weighted by atomic mass is 10.2. The van der Waals surface area contributed by atoms with Gasteiger partial charge in [-0.05, 0) is 83.1 Å². The fraction of sp³-hybridized carbons (Fsp3) is 0.133. The van der Waals surface area contributed by atoms with E-state index in [-0.39, 0.29) is 23.0 Å². The molecule has 1 N–H and O–H groups in total. The SMILES string of the molecule is CCOc1cc(/C=N/NC(=O)c2ccc(OCc3ccccc3)c(OC)c2)cc(I)c1OS(=O)(=O)c1ccccc1. The number of carbonyl (C=O) groups is 1. The van der Waals surface area contributed by atoms with Gasteiger partial charge in [0.1, 0.15) is 11.5 Å². The Morgan fingerprint density at radius 1 is 0.902 bits per heavy atom. The maximum absolute atomic E-state index is 12.8. The molecule has 0 aliphatic rings. The quantitative estimate of drug-likeness (QED) is 0.0867. The van der Waals surface area contributed by atoms with Crippen molar-refractivity contribution in [3.8, 4) is 23.0 Å². The summed E-state index contributed by atoms with van der Waals surface area (Å²) in [4.78, 5) is 12.8. The number of hydrazone groups is 1. The van der Waals surface area contributed by atoms with E-state index in [0.717, 1.165) is 5.56 Å². The van der Waals surface area contributed by atoms with E-state index in [0.29, 0.717) is 32.8 Å². The number of halogens is 1. The lowest BCUT2D eigenvalue weighted by Crippen LogP contribution is -2.17. The van der Waals surface area contributed by atoms with Crippen LogP contribution in [0.5, 0.6) is 23.0 Å². The molecule has 4 aromatic rings. The zero-order valence-electron chi connectivity index (χ0n) is 22.2. The van der Waals surface area contributed by atoms with E-state index in [9.17, 15) is 13.2 Å². The van der Waals surface area contributed by atoms with E-state index < -0.39 is 16.0 Å². The molecule has 0 heterocycles. The highest BCUT2D eigenvalue weighted by Gasteiger charge is 2.22. The standard InChI is InChI=1S/C30H27IN2O7S/c1-3-38-28-17-22(16-25(31)29(28)40-41(35,36)24-12-8-5-9-13-24)19-32-33-30(34)23-14-15-26(27(18-23)37-2)39-20-21-10-6-4-7-11-21/h4-19H,3,20H2,1-2H3,(H,33,34)/b32-19+. The molecular formula is C30H27IN2O7S. The minimum atomic E-state index is -4.07. The second-order valence-corrected chi connectivity index (χ2v) is 11.2. The Balaban J connectivity index is 1.45. The van der Waals surface area contributed by atoms with E-state index in [1.54, 1.807) is 55.5 Å². The molecule has 4 rings (SSSR count). The average molecular weight is 687 g/mol. The number of ether oxygens (including phenoxy) is 3. The minimum absolute atomic E-state index is 0.0269. The topological polar surface area (TPSA) is 113 Å². The summed E-state index contributed by atoms with van der Waals surface area (Å²) in [5.41, 5.74) is 4.37. The number of carbonyl (C=O) groups excluding carboxylic acids is 1. The Morgan fingerprint density at radius 2 is 1.61 bits per heavy atom. The highest BCUT2D eigenvalue weighted by molar-refractivity contribution is 14.1. The van der Waals surface area contributed by atoms with Gasteiger partial charge in [-0.1, -0.05) is 48.5 Å². The summed E-state index contributed by atoms with van der Waals surface area (Å²) in [5, 5.41) is 4.05. The third-order valence-electron chi connectivity index (χ3n) is 5.60. The molecule has 0 aromatic heterocycles. The number of nitrogens with zero attached hydrogens (tertiary/aromatic N) is 1. The van der Waals surface area contributed by atoms with E-state index >= 15 is 0 Å². The number of rotatable bonds is 12. The summed E-state index contributed by atoms with van der Waals surface area (Å²) >= 11 is 1.96. The average Bonchev–Trinajstić information content (AvgIpc) is 2.99. The Bertz CT molecular complexity index is 1630. The molecule has 0 saturated carbocycles. The van der Waals surface area contributed by atoms with Gasteiger partial charge < -0.3 is 18.4 Å². The molecule has 0 bridgehead atoms. The second kappa shape index (κ2) is 14.0. The van der Waals surface area contributed by atoms with Crippen molar-refractivity contribution in [3.05, 3.63) is 111 Å². The number of nitrogens with one attached hydrogen (secondary N) is 1. The van der Waals surface area contributed by atoms with E-state index in [1.165, 1.54) is 25.5 Å². The van der Waals surface area contributed by atoms with E-state index in [4.69, 9.17) is 18.4 Å². The molecular weight excluding hydrogens is 659 g/mol. The zero-order chi connectivity index (χ0) is 29.2. The van der Waals surface area contributed by atoms with Gasteiger partial charge in [-0.15, -0.1) is 0 Å². The molecule has 11 heteroatoms. The summed E-state index contributed by atoms with van der Waals surface area (Å²) in [6, 6.07) is 25.7. The Hall–Kier alpha value is -4.10. The fourth-order valence-electron chi connectivity index (χ4n) is 3.64. The fourth-order valence-corrected chi connectivity index (χ4v) is 5.51. The van der Waals surface area contributed by atoms with Gasteiger partial charge >= 0.3 is 10.1 Å². The largest absolute Gasteiger partial charge is 0.493 e. The van der Waals surface area contributed by atoms with Gasteiger partial charge in [-0.3, -0.25) is 4.79 Å². The lowest BCUT2D eigenvalue weighted by molar-refractivity contribution is 0.0954. The van der Waals surface area contributed by atoms with Crippen molar-refractivity contribution in [2.45, 2.75) is 18.4 Å². The third kappa shape index (κ3) is 7.98. The van der Waals surface area contributed by atoms with Crippen LogP contribution in [0.1, 0.15) is 28.4 Å². The molecule has 0 radical (unpaired) electrons. The first-order valence-electron chi connectivity index (χ1n) is 12.4. The monoisotopic (exact) mass is 686 g/mol. The number of hydrogen-bond acceptors (Lipinski definition) is 8. The summed E-state index contributed by atoms with van der Waals surface area (Å²) in [5.74, 6) is 0.755. The van der Waals surface area contributed by atoms with Crippen LogP contribution in [0.2, 0.25) is 0 Å². The Kier molecular flexibility index (Phi) is 10.2. The van der Waals surface area contributed by atoms with E-state index in [2.05, 4.69) is 10.5 Å². The number of hydrogen-bond donors (Lipinski definition) is 1. The van der Waals surface area contributed by atoms with Crippen molar-refractivity contribution in [3.63, 3.8) is 0 Å². The van der Waals surface area contributed by atoms with Gasteiger partial charge in [0.15, 0.2) is 23.0 Å². The van der Waals surface area contributed by atoms with Crippen LogP contribution in [0, 0.1) is 3.57 Å². The summed E-state index contributed by atoms with van der Waals surface area (Å²) < 4.78 is 48.4. The summed E-state index contributed by atoms with van der Waals surface area (Å²) in [6.07, 6.45) is 1.42. The number of methoxy groups -OCH3 is 1. The third-order valence-corrected chi connectivity index (χ3v) is 7.64. The first-order valence-corrected chi connectivity index (χ1v) is 14.9. The highest BCUT2D eigenvalue weighted by Crippen LogP contribution is 2.36. The summed E-state index contributed by atoms with van der Waals surface area (Å²) in [6.45, 7) is 2.41. The Labute approximate surface area is 252 Å². The van der Waals surface area contributed by atoms with Gasteiger partial charge in [0.2, 0.25) is 0 Å². The van der Waals surface area contributed by atoms with Gasteiger partial charge in [0, 0.05) is 5.56 Å². The van der Waals surface area contributed by atoms with Crippen LogP contribution in [-0.2, 0) is 16.7 Å². The predicted molar refractivity (Wildman–Crippen MR) is 163 cm³/mol. The molecule has 41 heavy (non-hydrogen) atoms. The highest BCUT2D eigenvalue weighted by atomic mass is 127. The maximum Gasteiger partial charge on any atom is 0.339 e. The minimum Gasteiger partial charge on any atom is -0.493 e. The van der Waals surface area contributed by atoms with Crippen molar-refractivity contribution in [1.29, 1.82) is 0 Å². The molecule has 9 nitrogen and oxygen atoms in total. The van der Waals surface area contributed by atoms with Crippen molar-refractivity contribution >= 4 is 44.8 Å². The van der Waals surface area contributed by atoms with Crippen molar-refractivity contribution < 1.29 is 31.6 Å². The van der Waals surface area contributed by atoms with Crippen LogP contribution in [0.4, 0.5) is 0 Å². The molecule has 0 aliphatic carbocycles. The van der Waals surface area contributed by atoms with Gasteiger partial charge in [-0.2, -0.15) is 13.5 Å². The second-order valence-electron chi connectivity index (χ2n) is 8.45. The molecule has 0 unspecified atom stereocenters. The van der Waals surface area contributed by atoms with Crippen LogP contribution >= 0.6 is 22.6 Å². The molecule has 1 amide bonds. The van der Waals surface area contributed by atoms with Gasteiger partial charge in [0.05, 0.1) is 23.5 Å². The predicted octanol–water partition coefficient (Wildman–Crippen LogP) is 5.81. The van der Waals surface area contributed by atoms with E-state index in [1.807, 2.05) is 52.9 Å². The molecule has 0 fully saturated rings. The Morgan fingerprint density at radius 3 is 2.29 bits per heavy atom. The molecule has 0 aliphatic heterocycles. The zero-order valence-corrected chi connectivity index (χ0v) is 25.2. The first kappa shape index (κ1) is 29.9. The molecule has 4 aromatic carbocycles. The molecule has 0 saturated heterocycles. The maximum atomic E-state index is 12.8. The number of amides is 1. The van der Waals surface area contributed by atoms with Gasteiger partial charge in [0.25, 0.3) is 5.91 Å². The smallest absolute Gasteiger partial charge is 0.339 e. The first-order chi connectivity index (χ1) is 19.8. The lowest BCUT2D eigenvalue weighted by Gasteiger charge is -2.14. The normalized spacial score (nSPS) is 11.2. The van der Waals surface area contributed by atoms with Crippen LogP contribution in [0.3, 0.4) is 0 Å². The van der Waals surface area contributed by atoms with Crippen LogP contribution in [0.15, 0.2) is 101 Å². The van der Waals surface area contributed by atoms with Crippen LogP contribution in [-0.4, -0.2) is 34.3 Å². The van der Waals surface area contributed by atoms with Crippen molar-refractivity contribution in [2.24, 2.45) is 5.10 Å². The summed E-state index contributed by atoms with van der Waals surface area (Å²) in [7, 11) is -2.57. The molecule has 0 spiro atoms. The van der Waals surface area contributed by atoms with Crippen molar-refractivity contribution in [2.75, 3.05) is 13.7 Å². The molecule has 212 valence electrons. The van der Waals surface area contributed by atoms with Crippen molar-refractivity contribution in [1.82, 2.24) is 5.43 Å². The van der Waals surface area contributed by atoms with Crippen LogP contribution < -0.4 is 23.8 Å². The van der Waals surface area contributed by atoms with Crippen LogP contribution in [0.25, 0.3) is 0 Å².